The number of carbonyl (C=O) groups is 1. The van der Waals surface area contributed by atoms with E-state index in [1.807, 2.05) is 25.1 Å². The first-order chi connectivity index (χ1) is 22.2. The number of carbonyl (C=O) groups excluding carboxylic acids is 1. The normalized spacial score (nSPS) is 14.4. The maximum Gasteiger partial charge on any atom is 0.338 e. The van der Waals surface area contributed by atoms with Crippen LogP contribution in [0.4, 0.5) is 0 Å². The number of aromatic nitrogens is 1. The Labute approximate surface area is 279 Å². The van der Waals surface area contributed by atoms with Crippen LogP contribution in [-0.4, -0.2) is 38.0 Å². The van der Waals surface area contributed by atoms with Crippen molar-refractivity contribution in [2.45, 2.75) is 33.4 Å². The van der Waals surface area contributed by atoms with Gasteiger partial charge in [-0.3, -0.25) is 9.36 Å². The molecule has 240 valence electrons. The summed E-state index contributed by atoms with van der Waals surface area (Å²) in [5.74, 6) is 1.47. The molecule has 0 spiro atoms. The van der Waals surface area contributed by atoms with Gasteiger partial charge in [-0.05, 0) is 74.4 Å². The molecule has 0 saturated heterocycles. The minimum absolute atomic E-state index is 0.174. The lowest BCUT2D eigenvalue weighted by Crippen LogP contribution is -2.39. The summed E-state index contributed by atoms with van der Waals surface area (Å²) >= 11 is 13.6. The number of esters is 1. The van der Waals surface area contributed by atoms with Crippen molar-refractivity contribution in [2.24, 2.45) is 4.99 Å². The Kier molecular flexibility index (Phi) is 10.4. The first-order valence-corrected chi connectivity index (χ1v) is 16.0. The van der Waals surface area contributed by atoms with E-state index in [1.165, 1.54) is 23.0 Å². The quantitative estimate of drug-likeness (QED) is 0.176. The smallest absolute Gasteiger partial charge is 0.338 e. The second kappa shape index (κ2) is 14.5. The van der Waals surface area contributed by atoms with Crippen LogP contribution < -0.4 is 33.8 Å². The number of fused-ring (bicyclic) bond motifs is 1. The second-order valence-corrected chi connectivity index (χ2v) is 11.9. The summed E-state index contributed by atoms with van der Waals surface area (Å²) in [6.45, 7) is 6.14. The van der Waals surface area contributed by atoms with Crippen molar-refractivity contribution in [3.05, 3.63) is 112 Å². The van der Waals surface area contributed by atoms with Crippen molar-refractivity contribution >= 4 is 46.6 Å². The number of thiazole rings is 1. The number of halogens is 2. The Balaban J connectivity index is 1.57. The first kappa shape index (κ1) is 33.1. The van der Waals surface area contributed by atoms with Gasteiger partial charge in [0.25, 0.3) is 5.56 Å². The van der Waals surface area contributed by atoms with Gasteiger partial charge in [-0.15, -0.1) is 0 Å². The highest BCUT2D eigenvalue weighted by Gasteiger charge is 2.34. The molecule has 0 bridgehead atoms. The van der Waals surface area contributed by atoms with Gasteiger partial charge in [0.15, 0.2) is 27.8 Å². The average molecular weight is 684 g/mol. The minimum Gasteiger partial charge on any atom is -0.493 e. The summed E-state index contributed by atoms with van der Waals surface area (Å²) < 4.78 is 30.2. The highest BCUT2D eigenvalue weighted by Crippen LogP contribution is 2.36. The van der Waals surface area contributed by atoms with E-state index >= 15 is 0 Å². The van der Waals surface area contributed by atoms with Crippen LogP contribution in [0.5, 0.6) is 23.0 Å². The number of allylic oxidation sites excluding steroid dienone is 1. The van der Waals surface area contributed by atoms with Gasteiger partial charge in [0, 0.05) is 15.6 Å². The van der Waals surface area contributed by atoms with Gasteiger partial charge in [0.2, 0.25) is 0 Å². The third kappa shape index (κ3) is 6.79. The Morgan fingerprint density at radius 2 is 1.70 bits per heavy atom. The molecule has 0 amide bonds. The fourth-order valence-electron chi connectivity index (χ4n) is 5.08. The SMILES string of the molecule is CCOC(=O)C1=C(C)N=c2s/c(=C/c3ccc(OCc4ccc(Cl)cc4Cl)c(OCC)c3)c(=O)n2[C@H]1c1ccc(OC)c(OC)c1. The van der Waals surface area contributed by atoms with Crippen LogP contribution in [0, 0.1) is 0 Å². The summed E-state index contributed by atoms with van der Waals surface area (Å²) in [6, 6.07) is 15.1. The van der Waals surface area contributed by atoms with Crippen LogP contribution in [0.15, 0.2) is 75.7 Å². The van der Waals surface area contributed by atoms with Gasteiger partial charge >= 0.3 is 5.97 Å². The molecule has 0 saturated carbocycles. The van der Waals surface area contributed by atoms with Crippen molar-refractivity contribution in [3.63, 3.8) is 0 Å². The van der Waals surface area contributed by atoms with Crippen LogP contribution in [0.1, 0.15) is 43.5 Å². The number of hydrogen-bond donors (Lipinski definition) is 0. The molecule has 46 heavy (non-hydrogen) atoms. The van der Waals surface area contributed by atoms with Crippen LogP contribution >= 0.6 is 34.5 Å². The van der Waals surface area contributed by atoms with Gasteiger partial charge in [0.1, 0.15) is 6.61 Å². The Morgan fingerprint density at radius 3 is 2.39 bits per heavy atom. The van der Waals surface area contributed by atoms with E-state index in [-0.39, 0.29) is 24.3 Å². The lowest BCUT2D eigenvalue weighted by atomic mass is 9.95. The molecule has 0 radical (unpaired) electrons. The van der Waals surface area contributed by atoms with E-state index in [1.54, 1.807) is 63.4 Å². The van der Waals surface area contributed by atoms with Crippen molar-refractivity contribution in [1.29, 1.82) is 0 Å². The number of methoxy groups -OCH3 is 2. The van der Waals surface area contributed by atoms with E-state index in [0.29, 0.717) is 60.2 Å². The lowest BCUT2D eigenvalue weighted by Gasteiger charge is -2.25. The number of hydrogen-bond acceptors (Lipinski definition) is 9. The van der Waals surface area contributed by atoms with E-state index in [9.17, 15) is 9.59 Å². The predicted octanol–water partition coefficient (Wildman–Crippen LogP) is 6.10. The largest absolute Gasteiger partial charge is 0.493 e. The predicted molar refractivity (Wildman–Crippen MR) is 178 cm³/mol. The molecule has 1 aliphatic heterocycles. The van der Waals surface area contributed by atoms with Gasteiger partial charge < -0.3 is 23.7 Å². The molecule has 1 aromatic heterocycles. The average Bonchev–Trinajstić information content (AvgIpc) is 3.34. The fourth-order valence-corrected chi connectivity index (χ4v) is 6.59. The summed E-state index contributed by atoms with van der Waals surface area (Å²) in [6.07, 6.45) is 1.77. The number of rotatable bonds is 11. The van der Waals surface area contributed by atoms with Gasteiger partial charge in [-0.1, -0.05) is 52.7 Å². The van der Waals surface area contributed by atoms with Gasteiger partial charge in [-0.2, -0.15) is 0 Å². The fraction of sp³-hybridized carbons (Fsp3) is 0.265. The van der Waals surface area contributed by atoms with Crippen LogP contribution in [0.3, 0.4) is 0 Å². The van der Waals surface area contributed by atoms with Crippen molar-refractivity contribution in [1.82, 2.24) is 4.57 Å². The van der Waals surface area contributed by atoms with Crippen LogP contribution in [0.2, 0.25) is 10.0 Å². The molecular formula is C34H32Cl2N2O7S. The van der Waals surface area contributed by atoms with E-state index in [2.05, 4.69) is 4.99 Å². The zero-order valence-corrected chi connectivity index (χ0v) is 28.2. The molecule has 0 N–H and O–H groups in total. The first-order valence-electron chi connectivity index (χ1n) is 14.4. The molecule has 2 heterocycles. The van der Waals surface area contributed by atoms with Crippen molar-refractivity contribution in [2.75, 3.05) is 27.4 Å². The molecule has 1 atom stereocenters. The molecule has 0 aliphatic carbocycles. The summed E-state index contributed by atoms with van der Waals surface area (Å²) in [5.41, 5.74) is 2.56. The Bertz CT molecular complexity index is 2000. The topological polar surface area (TPSA) is 97.6 Å². The zero-order valence-electron chi connectivity index (χ0n) is 25.9. The molecule has 4 aromatic rings. The number of ether oxygens (including phenoxy) is 5. The highest BCUT2D eigenvalue weighted by molar-refractivity contribution is 7.07. The third-order valence-corrected chi connectivity index (χ3v) is 8.77. The minimum atomic E-state index is -0.799. The standard InChI is InChI=1S/C34H32Cl2N2O7S/c1-6-43-28-14-20(8-12-26(28)45-18-22-9-11-23(35)17-24(22)36)15-29-32(39)38-31(21-10-13-25(41-4)27(16-21)42-5)30(33(40)44-7-2)19(3)37-34(38)46-29/h8-17,31H,6-7,18H2,1-5H3/b29-15+/t31-/m0/s1. The maximum absolute atomic E-state index is 14.1. The van der Waals surface area contributed by atoms with Crippen molar-refractivity contribution in [3.8, 4) is 23.0 Å². The second-order valence-electron chi connectivity index (χ2n) is 10.1. The van der Waals surface area contributed by atoms with Crippen molar-refractivity contribution < 1.29 is 28.5 Å². The highest BCUT2D eigenvalue weighted by atomic mass is 35.5. The van der Waals surface area contributed by atoms with E-state index < -0.39 is 12.0 Å². The lowest BCUT2D eigenvalue weighted by molar-refractivity contribution is -0.139. The molecule has 5 rings (SSSR count). The van der Waals surface area contributed by atoms with Gasteiger partial charge in [-0.25, -0.2) is 9.79 Å². The van der Waals surface area contributed by atoms with Crippen LogP contribution in [-0.2, 0) is 16.1 Å². The zero-order chi connectivity index (χ0) is 33.0. The monoisotopic (exact) mass is 682 g/mol. The van der Waals surface area contributed by atoms with Crippen LogP contribution in [0.25, 0.3) is 6.08 Å². The van der Waals surface area contributed by atoms with Gasteiger partial charge in [0.05, 0.1) is 49.3 Å². The molecule has 0 fully saturated rings. The third-order valence-electron chi connectivity index (χ3n) is 7.20. The van der Waals surface area contributed by atoms with E-state index in [4.69, 9.17) is 46.9 Å². The number of nitrogens with zero attached hydrogens (tertiary/aromatic N) is 2. The summed E-state index contributed by atoms with van der Waals surface area (Å²) in [5, 5.41) is 1.05. The molecule has 3 aromatic carbocycles. The Morgan fingerprint density at radius 1 is 0.935 bits per heavy atom. The molecule has 1 aliphatic rings. The van der Waals surface area contributed by atoms with E-state index in [0.717, 1.165) is 11.1 Å². The maximum atomic E-state index is 14.1. The molecule has 0 unspecified atom stereocenters. The summed E-state index contributed by atoms with van der Waals surface area (Å²) in [7, 11) is 3.07. The molecular weight excluding hydrogens is 651 g/mol. The summed E-state index contributed by atoms with van der Waals surface area (Å²) in [4.78, 5) is 32.4. The molecule has 9 nitrogen and oxygen atoms in total. The molecule has 12 heteroatoms. The number of benzene rings is 3. The Hall–Kier alpha value is -4.25.